The molecular weight excluding hydrogens is 420 g/mol. The number of methoxy groups -OCH3 is 1. The molecule has 4 heterocycles. The summed E-state index contributed by atoms with van der Waals surface area (Å²) in [5, 5.41) is 4.35. The Morgan fingerprint density at radius 2 is 1.94 bits per heavy atom. The Labute approximate surface area is 191 Å². The van der Waals surface area contributed by atoms with Crippen molar-refractivity contribution in [3.63, 3.8) is 0 Å². The van der Waals surface area contributed by atoms with Crippen molar-refractivity contribution < 1.29 is 14.3 Å². The first-order valence-corrected chi connectivity index (χ1v) is 10.7. The number of ether oxygens (including phenoxy) is 2. The summed E-state index contributed by atoms with van der Waals surface area (Å²) in [5.41, 5.74) is 5.19. The molecule has 1 fully saturated rings. The van der Waals surface area contributed by atoms with E-state index in [4.69, 9.17) is 14.5 Å². The maximum absolute atomic E-state index is 13.4. The molecule has 3 aromatic heterocycles. The van der Waals surface area contributed by atoms with Gasteiger partial charge in [0.25, 0.3) is 5.91 Å². The number of aryl methyl sites for hydroxylation is 2. The van der Waals surface area contributed by atoms with Crippen molar-refractivity contribution in [1.29, 1.82) is 0 Å². The van der Waals surface area contributed by atoms with Gasteiger partial charge in [-0.05, 0) is 44.2 Å². The van der Waals surface area contributed by atoms with E-state index < -0.39 is 0 Å². The molecule has 1 aliphatic heterocycles. The van der Waals surface area contributed by atoms with Crippen LogP contribution in [0.4, 0.5) is 0 Å². The Bertz CT molecular complexity index is 1320. The first-order valence-electron chi connectivity index (χ1n) is 10.7. The smallest absolute Gasteiger partial charge is 0.259 e. The number of hydrogen-bond donors (Lipinski definition) is 0. The minimum Gasteiger partial charge on any atom is -0.497 e. The Morgan fingerprint density at radius 3 is 2.73 bits per heavy atom. The highest BCUT2D eigenvalue weighted by Crippen LogP contribution is 2.26. The van der Waals surface area contributed by atoms with Crippen LogP contribution in [0.1, 0.15) is 33.5 Å². The molecule has 9 nitrogen and oxygen atoms in total. The second kappa shape index (κ2) is 8.59. The summed E-state index contributed by atoms with van der Waals surface area (Å²) in [6, 6.07) is 9.58. The van der Waals surface area contributed by atoms with E-state index in [2.05, 4.69) is 15.1 Å². The molecule has 1 aliphatic rings. The van der Waals surface area contributed by atoms with Crippen LogP contribution in [0.2, 0.25) is 0 Å². The molecule has 168 valence electrons. The largest absolute Gasteiger partial charge is 0.497 e. The van der Waals surface area contributed by atoms with Gasteiger partial charge in [-0.25, -0.2) is 14.5 Å². The van der Waals surface area contributed by atoms with Crippen LogP contribution in [-0.2, 0) is 4.74 Å². The third-order valence-corrected chi connectivity index (χ3v) is 5.73. The maximum atomic E-state index is 13.4. The van der Waals surface area contributed by atoms with Gasteiger partial charge >= 0.3 is 0 Å². The molecule has 0 radical (unpaired) electrons. The molecule has 5 rings (SSSR count). The molecule has 9 heteroatoms. The lowest BCUT2D eigenvalue weighted by Gasteiger charge is -2.32. The summed E-state index contributed by atoms with van der Waals surface area (Å²) < 4.78 is 12.9. The zero-order valence-electron chi connectivity index (χ0n) is 18.7. The van der Waals surface area contributed by atoms with Gasteiger partial charge in [0.2, 0.25) is 0 Å². The van der Waals surface area contributed by atoms with E-state index in [0.717, 1.165) is 28.4 Å². The van der Waals surface area contributed by atoms with E-state index in [1.54, 1.807) is 35.1 Å². The predicted molar refractivity (Wildman–Crippen MR) is 121 cm³/mol. The number of morpholine rings is 1. The van der Waals surface area contributed by atoms with Crippen molar-refractivity contribution in [3.05, 3.63) is 71.6 Å². The Kier molecular flexibility index (Phi) is 5.47. The molecule has 4 aromatic rings. The fourth-order valence-electron chi connectivity index (χ4n) is 4.04. The molecule has 33 heavy (non-hydrogen) atoms. The molecule has 1 amide bonds. The lowest BCUT2D eigenvalue weighted by molar-refractivity contribution is -0.0247. The average molecular weight is 444 g/mol. The van der Waals surface area contributed by atoms with E-state index in [1.165, 1.54) is 0 Å². The number of aromatic nitrogens is 5. The van der Waals surface area contributed by atoms with Crippen molar-refractivity contribution in [2.24, 2.45) is 0 Å². The average Bonchev–Trinajstić information content (AvgIpc) is 3.28. The van der Waals surface area contributed by atoms with Gasteiger partial charge in [0.15, 0.2) is 5.65 Å². The second-order valence-corrected chi connectivity index (χ2v) is 8.00. The van der Waals surface area contributed by atoms with Crippen molar-refractivity contribution in [2.75, 3.05) is 26.8 Å². The number of carbonyl (C=O) groups excluding carboxylic acids is 1. The molecular formula is C24H24N6O3. The molecule has 0 spiro atoms. The van der Waals surface area contributed by atoms with Gasteiger partial charge in [0.1, 0.15) is 17.4 Å². The number of rotatable bonds is 4. The summed E-state index contributed by atoms with van der Waals surface area (Å²) in [7, 11) is 1.63. The lowest BCUT2D eigenvalue weighted by atomic mass is 10.1. The lowest BCUT2D eigenvalue weighted by Crippen LogP contribution is -2.42. The second-order valence-electron chi connectivity index (χ2n) is 8.00. The van der Waals surface area contributed by atoms with Crippen LogP contribution in [0.5, 0.6) is 5.75 Å². The number of hydrogen-bond acceptors (Lipinski definition) is 7. The van der Waals surface area contributed by atoms with Crippen LogP contribution in [0.3, 0.4) is 0 Å². The normalized spacial score (nSPS) is 16.2. The van der Waals surface area contributed by atoms with Crippen molar-refractivity contribution in [1.82, 2.24) is 29.5 Å². The van der Waals surface area contributed by atoms with Crippen molar-refractivity contribution >= 4 is 11.6 Å². The molecule has 0 aliphatic carbocycles. The number of carbonyl (C=O) groups is 1. The van der Waals surface area contributed by atoms with E-state index in [1.807, 2.05) is 44.2 Å². The quantitative estimate of drug-likeness (QED) is 0.477. The van der Waals surface area contributed by atoms with Crippen LogP contribution >= 0.6 is 0 Å². The molecule has 1 saturated heterocycles. The van der Waals surface area contributed by atoms with Crippen LogP contribution in [0.25, 0.3) is 16.9 Å². The predicted octanol–water partition coefficient (Wildman–Crippen LogP) is 3.03. The first kappa shape index (κ1) is 21.0. The summed E-state index contributed by atoms with van der Waals surface area (Å²) in [6.45, 7) is 5.13. The van der Waals surface area contributed by atoms with Crippen LogP contribution in [0, 0.1) is 13.8 Å². The highest BCUT2D eigenvalue weighted by Gasteiger charge is 2.29. The fourth-order valence-corrected chi connectivity index (χ4v) is 4.04. The molecule has 1 aromatic carbocycles. The molecule has 1 atom stereocenters. The van der Waals surface area contributed by atoms with Crippen LogP contribution in [0.15, 0.2) is 48.9 Å². The summed E-state index contributed by atoms with van der Waals surface area (Å²) >= 11 is 0. The van der Waals surface area contributed by atoms with E-state index in [9.17, 15) is 4.79 Å². The van der Waals surface area contributed by atoms with Gasteiger partial charge in [-0.2, -0.15) is 5.10 Å². The number of benzene rings is 1. The summed E-state index contributed by atoms with van der Waals surface area (Å²) in [5.74, 6) is 0.662. The van der Waals surface area contributed by atoms with Crippen molar-refractivity contribution in [2.45, 2.75) is 20.0 Å². The Hall–Kier alpha value is -3.85. The van der Waals surface area contributed by atoms with Gasteiger partial charge in [0.05, 0.1) is 50.2 Å². The fraction of sp³-hybridized carbons (Fsp3) is 0.292. The van der Waals surface area contributed by atoms with Gasteiger partial charge in [-0.15, -0.1) is 0 Å². The number of amides is 1. The number of fused-ring (bicyclic) bond motifs is 1. The SMILES string of the molecule is COc1ccc(-c2cncc(C3CN(C(=O)c4cnn5c(C)cc(C)nc45)CCO3)n2)cc1. The molecule has 0 N–H and O–H groups in total. The van der Waals surface area contributed by atoms with E-state index >= 15 is 0 Å². The highest BCUT2D eigenvalue weighted by atomic mass is 16.5. The van der Waals surface area contributed by atoms with E-state index in [0.29, 0.717) is 36.6 Å². The number of nitrogens with zero attached hydrogens (tertiary/aromatic N) is 6. The maximum Gasteiger partial charge on any atom is 0.259 e. The zero-order valence-corrected chi connectivity index (χ0v) is 18.7. The topological polar surface area (TPSA) is 94.7 Å². The standard InChI is InChI=1S/C24H24N6O3/c1-15-10-16(2)30-23(27-15)19(11-26-30)24(31)29-8-9-33-22(14-29)21-13-25-12-20(28-21)17-4-6-18(32-3)7-5-17/h4-7,10-13,22H,8-9,14H2,1-3H3. The summed E-state index contributed by atoms with van der Waals surface area (Å²) in [4.78, 5) is 28.8. The monoisotopic (exact) mass is 444 g/mol. The van der Waals surface area contributed by atoms with Gasteiger partial charge < -0.3 is 14.4 Å². The van der Waals surface area contributed by atoms with Crippen molar-refractivity contribution in [3.8, 4) is 17.0 Å². The third-order valence-electron chi connectivity index (χ3n) is 5.73. The first-order chi connectivity index (χ1) is 16.0. The van der Waals surface area contributed by atoms with Gasteiger partial charge in [-0.3, -0.25) is 9.78 Å². The zero-order chi connectivity index (χ0) is 22.9. The van der Waals surface area contributed by atoms with E-state index in [-0.39, 0.29) is 12.0 Å². The third kappa shape index (κ3) is 4.03. The minimum atomic E-state index is -0.369. The Balaban J connectivity index is 1.38. The Morgan fingerprint density at radius 1 is 1.12 bits per heavy atom. The van der Waals surface area contributed by atoms with Crippen LogP contribution < -0.4 is 4.74 Å². The van der Waals surface area contributed by atoms with Crippen LogP contribution in [-0.4, -0.2) is 62.2 Å². The van der Waals surface area contributed by atoms with Gasteiger partial charge in [-0.1, -0.05) is 0 Å². The highest BCUT2D eigenvalue weighted by molar-refractivity contribution is 5.99. The molecule has 0 saturated carbocycles. The molecule has 1 unspecified atom stereocenters. The van der Waals surface area contributed by atoms with Gasteiger partial charge in [0, 0.05) is 23.5 Å². The summed E-state index contributed by atoms with van der Waals surface area (Å²) in [6.07, 6.45) is 4.62. The molecule has 0 bridgehead atoms. The minimum absolute atomic E-state index is 0.116.